The highest BCUT2D eigenvalue weighted by atomic mass is 35.5. The van der Waals surface area contributed by atoms with E-state index in [4.69, 9.17) is 22.7 Å². The van der Waals surface area contributed by atoms with Crippen LogP contribution in [0.2, 0.25) is 0 Å². The first-order chi connectivity index (χ1) is 6.37. The Bertz CT molecular complexity index is 328. The lowest BCUT2D eigenvalue weighted by atomic mass is 9.90. The standard InChI is InChI=1S/C7H9ClN2O4/c8-2-4(11)1(7(10)14)3(9)6(13)5(2)12/h2,5-6,9,11-13H,(H2,10,14)/t2-,5+,6+/m0/s1. The van der Waals surface area contributed by atoms with E-state index in [0.29, 0.717) is 0 Å². The predicted octanol–water partition coefficient (Wildman–Crippen LogP) is -1.35. The van der Waals surface area contributed by atoms with Crippen molar-refractivity contribution in [3.63, 3.8) is 0 Å². The molecule has 0 saturated carbocycles. The number of hydrogen-bond donors (Lipinski definition) is 5. The summed E-state index contributed by atoms with van der Waals surface area (Å²) in [5, 5.41) is 33.7. The molecule has 6 N–H and O–H groups in total. The maximum Gasteiger partial charge on any atom is 0.254 e. The molecule has 0 fully saturated rings. The number of aliphatic hydroxyl groups is 3. The number of hydrogen-bond acceptors (Lipinski definition) is 5. The lowest BCUT2D eigenvalue weighted by Crippen LogP contribution is -2.48. The van der Waals surface area contributed by atoms with Gasteiger partial charge in [0.15, 0.2) is 0 Å². The van der Waals surface area contributed by atoms with Crippen molar-refractivity contribution in [2.24, 2.45) is 5.73 Å². The van der Waals surface area contributed by atoms with Crippen LogP contribution in [0, 0.1) is 5.41 Å². The quantitative estimate of drug-likeness (QED) is 0.350. The van der Waals surface area contributed by atoms with Crippen molar-refractivity contribution in [1.29, 1.82) is 5.41 Å². The Balaban J connectivity index is 3.24. The summed E-state index contributed by atoms with van der Waals surface area (Å²) in [5.41, 5.74) is 3.70. The van der Waals surface area contributed by atoms with Crippen molar-refractivity contribution in [3.8, 4) is 0 Å². The fourth-order valence-electron chi connectivity index (χ4n) is 1.18. The number of amides is 1. The number of primary amides is 1. The summed E-state index contributed by atoms with van der Waals surface area (Å²) in [6, 6.07) is 0. The van der Waals surface area contributed by atoms with Gasteiger partial charge in [-0.2, -0.15) is 0 Å². The van der Waals surface area contributed by atoms with Crippen molar-refractivity contribution in [2.75, 3.05) is 0 Å². The molecule has 1 aliphatic rings. The number of nitrogens with two attached hydrogens (primary N) is 1. The number of rotatable bonds is 1. The number of carbonyl (C=O) groups excluding carboxylic acids is 1. The van der Waals surface area contributed by atoms with E-state index in [1.165, 1.54) is 0 Å². The topological polar surface area (TPSA) is 128 Å². The van der Waals surface area contributed by atoms with Gasteiger partial charge in [0.2, 0.25) is 0 Å². The van der Waals surface area contributed by atoms with E-state index in [1.54, 1.807) is 0 Å². The summed E-state index contributed by atoms with van der Waals surface area (Å²) in [5.74, 6) is -1.74. The fraction of sp³-hybridized carbons (Fsp3) is 0.429. The van der Waals surface area contributed by atoms with Crippen molar-refractivity contribution >= 4 is 23.2 Å². The van der Waals surface area contributed by atoms with Gasteiger partial charge in [0, 0.05) is 0 Å². The first-order valence-corrected chi connectivity index (χ1v) is 4.13. The molecule has 78 valence electrons. The van der Waals surface area contributed by atoms with E-state index in [-0.39, 0.29) is 0 Å². The van der Waals surface area contributed by atoms with Gasteiger partial charge in [-0.1, -0.05) is 0 Å². The molecule has 0 heterocycles. The predicted molar refractivity (Wildman–Crippen MR) is 48.2 cm³/mol. The molecule has 0 aromatic heterocycles. The largest absolute Gasteiger partial charge is 0.510 e. The highest BCUT2D eigenvalue weighted by molar-refractivity contribution is 6.28. The molecule has 0 unspecified atom stereocenters. The van der Waals surface area contributed by atoms with Gasteiger partial charge in [-0.25, -0.2) is 0 Å². The van der Waals surface area contributed by atoms with Crippen LogP contribution in [0.4, 0.5) is 0 Å². The maximum atomic E-state index is 10.8. The molecule has 0 aromatic carbocycles. The second kappa shape index (κ2) is 3.56. The summed E-state index contributed by atoms with van der Waals surface area (Å²) < 4.78 is 0. The average molecular weight is 221 g/mol. The molecular weight excluding hydrogens is 212 g/mol. The van der Waals surface area contributed by atoms with Crippen molar-refractivity contribution < 1.29 is 20.1 Å². The Labute approximate surface area is 84.1 Å². The first kappa shape index (κ1) is 11.0. The normalized spacial score (nSPS) is 33.4. The number of aliphatic hydroxyl groups excluding tert-OH is 3. The second-order valence-corrected chi connectivity index (χ2v) is 3.35. The van der Waals surface area contributed by atoms with E-state index in [9.17, 15) is 20.1 Å². The Morgan fingerprint density at radius 3 is 2.43 bits per heavy atom. The van der Waals surface area contributed by atoms with Crippen LogP contribution in [0.3, 0.4) is 0 Å². The van der Waals surface area contributed by atoms with E-state index < -0.39 is 40.5 Å². The Hall–Kier alpha value is -1.11. The molecule has 6 nitrogen and oxygen atoms in total. The minimum absolute atomic E-state index is 0.539. The molecule has 0 aliphatic heterocycles. The molecule has 7 heteroatoms. The first-order valence-electron chi connectivity index (χ1n) is 3.70. The molecule has 1 rings (SSSR count). The molecule has 1 amide bonds. The third-order valence-corrected chi connectivity index (χ3v) is 2.42. The summed E-state index contributed by atoms with van der Waals surface area (Å²) >= 11 is 5.49. The number of halogens is 1. The van der Waals surface area contributed by atoms with Crippen LogP contribution in [0.25, 0.3) is 0 Å². The highest BCUT2D eigenvalue weighted by Crippen LogP contribution is 2.25. The molecule has 0 spiro atoms. The Kier molecular flexibility index (Phi) is 2.79. The summed E-state index contributed by atoms with van der Waals surface area (Å²) in [7, 11) is 0. The third kappa shape index (κ3) is 1.47. The van der Waals surface area contributed by atoms with Crippen LogP contribution in [0.15, 0.2) is 11.3 Å². The summed E-state index contributed by atoms with van der Waals surface area (Å²) in [6.45, 7) is 0. The van der Waals surface area contributed by atoms with Gasteiger partial charge in [0.25, 0.3) is 5.91 Å². The SMILES string of the molecule is N=C1C(C(N)=O)=C(O)[C@H](Cl)[C@@H](O)[C@@H]1O. The van der Waals surface area contributed by atoms with E-state index >= 15 is 0 Å². The molecule has 3 atom stereocenters. The zero-order valence-electron chi connectivity index (χ0n) is 6.94. The number of nitrogens with one attached hydrogen (secondary N) is 1. The molecule has 14 heavy (non-hydrogen) atoms. The molecule has 0 aromatic rings. The minimum atomic E-state index is -1.61. The van der Waals surface area contributed by atoms with Gasteiger partial charge in [0.05, 0.1) is 5.71 Å². The average Bonchev–Trinajstić information content (AvgIpc) is 2.11. The van der Waals surface area contributed by atoms with Gasteiger partial charge >= 0.3 is 0 Å². The van der Waals surface area contributed by atoms with Crippen LogP contribution in [-0.4, -0.2) is 44.5 Å². The maximum absolute atomic E-state index is 10.8. The molecular formula is C7H9ClN2O4. The van der Waals surface area contributed by atoms with E-state index in [0.717, 1.165) is 0 Å². The summed E-state index contributed by atoms with van der Waals surface area (Å²) in [4.78, 5) is 10.8. The monoisotopic (exact) mass is 220 g/mol. The van der Waals surface area contributed by atoms with Crippen LogP contribution in [0.5, 0.6) is 0 Å². The van der Waals surface area contributed by atoms with Crippen molar-refractivity contribution in [2.45, 2.75) is 17.6 Å². The lowest BCUT2D eigenvalue weighted by Gasteiger charge is -2.29. The number of alkyl halides is 1. The second-order valence-electron chi connectivity index (χ2n) is 2.88. The van der Waals surface area contributed by atoms with Crippen molar-refractivity contribution in [3.05, 3.63) is 11.3 Å². The number of carbonyl (C=O) groups is 1. The van der Waals surface area contributed by atoms with Crippen LogP contribution >= 0.6 is 11.6 Å². The molecule has 0 radical (unpaired) electrons. The Morgan fingerprint density at radius 1 is 1.50 bits per heavy atom. The molecule has 0 bridgehead atoms. The fourth-order valence-corrected chi connectivity index (χ4v) is 1.42. The molecule has 0 saturated heterocycles. The van der Waals surface area contributed by atoms with Gasteiger partial charge in [-0.15, -0.1) is 11.6 Å². The van der Waals surface area contributed by atoms with Crippen LogP contribution < -0.4 is 5.73 Å². The lowest BCUT2D eigenvalue weighted by molar-refractivity contribution is -0.114. The van der Waals surface area contributed by atoms with Crippen molar-refractivity contribution in [1.82, 2.24) is 0 Å². The third-order valence-electron chi connectivity index (χ3n) is 1.95. The van der Waals surface area contributed by atoms with Gasteiger partial charge in [0.1, 0.15) is 28.9 Å². The van der Waals surface area contributed by atoms with Gasteiger partial charge < -0.3 is 26.5 Å². The molecule has 1 aliphatic carbocycles. The summed E-state index contributed by atoms with van der Waals surface area (Å²) in [6.07, 6.45) is -3.14. The van der Waals surface area contributed by atoms with Crippen LogP contribution in [-0.2, 0) is 4.79 Å². The van der Waals surface area contributed by atoms with E-state index in [2.05, 4.69) is 0 Å². The smallest absolute Gasteiger partial charge is 0.254 e. The zero-order valence-corrected chi connectivity index (χ0v) is 7.69. The van der Waals surface area contributed by atoms with Gasteiger partial charge in [-0.05, 0) is 0 Å². The van der Waals surface area contributed by atoms with E-state index in [1.807, 2.05) is 0 Å². The zero-order chi connectivity index (χ0) is 11.0. The van der Waals surface area contributed by atoms with Crippen LogP contribution in [0.1, 0.15) is 0 Å². The Morgan fingerprint density at radius 2 is 2.00 bits per heavy atom. The minimum Gasteiger partial charge on any atom is -0.510 e. The van der Waals surface area contributed by atoms with Gasteiger partial charge in [-0.3, -0.25) is 4.79 Å². The highest BCUT2D eigenvalue weighted by Gasteiger charge is 2.41.